The molecule has 1 rings (SSSR count). The first-order valence-corrected chi connectivity index (χ1v) is 6.59. The van der Waals surface area contributed by atoms with Gasteiger partial charge in [0, 0.05) is 12.0 Å². The van der Waals surface area contributed by atoms with E-state index in [1.807, 2.05) is 0 Å². The Hall–Kier alpha value is -0.960. The number of esters is 1. The molecule has 0 aliphatic heterocycles. The van der Waals surface area contributed by atoms with E-state index in [9.17, 15) is 23.4 Å². The molecule has 17 heavy (non-hydrogen) atoms. The van der Waals surface area contributed by atoms with Crippen molar-refractivity contribution in [2.75, 3.05) is 13.4 Å². The van der Waals surface area contributed by atoms with E-state index in [1.54, 1.807) is 0 Å². The van der Waals surface area contributed by atoms with E-state index in [-0.39, 0.29) is 12.0 Å². The van der Waals surface area contributed by atoms with Crippen molar-refractivity contribution in [3.8, 4) is 0 Å². The number of hydrogen-bond donors (Lipinski definition) is 2. The van der Waals surface area contributed by atoms with Crippen LogP contribution in [0.1, 0.15) is 6.42 Å². The zero-order chi connectivity index (χ0) is 13.2. The molecular formula is C9H14O7S. The molecule has 0 heterocycles. The van der Waals surface area contributed by atoms with Crippen LogP contribution in [0.4, 0.5) is 0 Å². The molecule has 3 atom stereocenters. The van der Waals surface area contributed by atoms with Crippen LogP contribution in [0.15, 0.2) is 11.6 Å². The maximum atomic E-state index is 11.2. The summed E-state index contributed by atoms with van der Waals surface area (Å²) in [7, 11) is -2.63. The van der Waals surface area contributed by atoms with Gasteiger partial charge in [-0.2, -0.15) is 8.42 Å². The molecule has 7 nitrogen and oxygen atoms in total. The maximum absolute atomic E-state index is 11.2. The third-order valence-corrected chi connectivity index (χ3v) is 2.87. The fourth-order valence-corrected chi connectivity index (χ4v) is 2.16. The lowest BCUT2D eigenvalue weighted by atomic mass is 9.92. The minimum absolute atomic E-state index is 0.0685. The molecule has 0 aromatic heterocycles. The SMILES string of the molecule is COC(=O)C1=C[C@@H](O)[C@@H](O)[C@H](OS(C)(=O)=O)C1. The lowest BCUT2D eigenvalue weighted by molar-refractivity contribution is -0.137. The molecule has 98 valence electrons. The first kappa shape index (κ1) is 14.1. The number of aliphatic hydroxyl groups is 2. The Kier molecular flexibility index (Phi) is 4.26. The summed E-state index contributed by atoms with van der Waals surface area (Å²) in [6.45, 7) is 0. The highest BCUT2D eigenvalue weighted by Gasteiger charge is 2.36. The van der Waals surface area contributed by atoms with Crippen LogP contribution in [0.25, 0.3) is 0 Å². The molecule has 1 aliphatic rings. The molecule has 0 unspecified atom stereocenters. The summed E-state index contributed by atoms with van der Waals surface area (Å²) in [5.74, 6) is -0.696. The topological polar surface area (TPSA) is 110 Å². The normalized spacial score (nSPS) is 29.6. The standard InChI is InChI=1S/C9H14O7S/c1-15-9(12)5-3-6(10)8(11)7(4-5)16-17(2,13)14/h3,6-8,10-11H,4H2,1-2H3/t6-,7-,8-/m1/s1. The second kappa shape index (κ2) is 5.13. The molecule has 2 N–H and O–H groups in total. The highest BCUT2D eigenvalue weighted by molar-refractivity contribution is 7.86. The average molecular weight is 266 g/mol. The Morgan fingerprint density at radius 1 is 1.47 bits per heavy atom. The van der Waals surface area contributed by atoms with Crippen LogP contribution in [-0.4, -0.2) is 56.3 Å². The van der Waals surface area contributed by atoms with Gasteiger partial charge >= 0.3 is 5.97 Å². The van der Waals surface area contributed by atoms with Gasteiger partial charge in [-0.05, 0) is 6.08 Å². The number of carbonyl (C=O) groups excluding carboxylic acids is 1. The van der Waals surface area contributed by atoms with Crippen LogP contribution in [-0.2, 0) is 23.8 Å². The monoisotopic (exact) mass is 266 g/mol. The van der Waals surface area contributed by atoms with E-state index < -0.39 is 34.4 Å². The predicted molar refractivity (Wildman–Crippen MR) is 56.4 cm³/mol. The zero-order valence-electron chi connectivity index (χ0n) is 9.36. The van der Waals surface area contributed by atoms with Gasteiger partial charge < -0.3 is 14.9 Å². The highest BCUT2D eigenvalue weighted by Crippen LogP contribution is 2.24. The Morgan fingerprint density at radius 3 is 2.53 bits per heavy atom. The van der Waals surface area contributed by atoms with E-state index >= 15 is 0 Å². The van der Waals surface area contributed by atoms with Crippen molar-refractivity contribution < 1.29 is 32.3 Å². The van der Waals surface area contributed by atoms with Gasteiger partial charge in [0.2, 0.25) is 0 Å². The molecule has 0 radical (unpaired) electrons. The molecule has 0 saturated heterocycles. The van der Waals surface area contributed by atoms with Crippen LogP contribution in [0, 0.1) is 0 Å². The van der Waals surface area contributed by atoms with Gasteiger partial charge in [-0.25, -0.2) is 4.79 Å². The number of hydrogen-bond acceptors (Lipinski definition) is 7. The number of methoxy groups -OCH3 is 1. The summed E-state index contributed by atoms with van der Waals surface area (Å²) in [4.78, 5) is 11.2. The van der Waals surface area contributed by atoms with Gasteiger partial charge in [0.25, 0.3) is 10.1 Å². The Bertz CT molecular complexity index is 425. The van der Waals surface area contributed by atoms with Gasteiger partial charge in [0.15, 0.2) is 0 Å². The molecule has 0 aromatic rings. The molecule has 0 aromatic carbocycles. The smallest absolute Gasteiger partial charge is 0.333 e. The molecule has 8 heteroatoms. The third kappa shape index (κ3) is 3.77. The summed E-state index contributed by atoms with van der Waals surface area (Å²) >= 11 is 0. The second-order valence-corrected chi connectivity index (χ2v) is 5.31. The zero-order valence-corrected chi connectivity index (χ0v) is 10.2. The van der Waals surface area contributed by atoms with Crippen molar-refractivity contribution in [3.05, 3.63) is 11.6 Å². The summed E-state index contributed by atoms with van der Waals surface area (Å²) in [6.07, 6.45) is -2.17. The van der Waals surface area contributed by atoms with Gasteiger partial charge in [-0.15, -0.1) is 0 Å². The fourth-order valence-electron chi connectivity index (χ4n) is 1.53. The van der Waals surface area contributed by atoms with E-state index in [4.69, 9.17) is 0 Å². The molecule has 0 fully saturated rings. The maximum Gasteiger partial charge on any atom is 0.333 e. The molecule has 0 amide bonds. The largest absolute Gasteiger partial charge is 0.466 e. The lowest BCUT2D eigenvalue weighted by Gasteiger charge is -2.29. The van der Waals surface area contributed by atoms with Crippen molar-refractivity contribution in [1.82, 2.24) is 0 Å². The molecule has 0 spiro atoms. The Balaban J connectivity index is 2.89. The second-order valence-electron chi connectivity index (χ2n) is 3.71. The van der Waals surface area contributed by atoms with Crippen molar-refractivity contribution >= 4 is 16.1 Å². The predicted octanol–water partition coefficient (Wildman–Crippen LogP) is -1.44. The van der Waals surface area contributed by atoms with E-state index in [0.29, 0.717) is 0 Å². The van der Waals surface area contributed by atoms with Crippen LogP contribution >= 0.6 is 0 Å². The van der Waals surface area contributed by atoms with E-state index in [1.165, 1.54) is 0 Å². The molecule has 0 saturated carbocycles. The molecular weight excluding hydrogens is 252 g/mol. The number of rotatable bonds is 3. The highest BCUT2D eigenvalue weighted by atomic mass is 32.2. The van der Waals surface area contributed by atoms with Crippen molar-refractivity contribution in [3.63, 3.8) is 0 Å². The van der Waals surface area contributed by atoms with E-state index in [2.05, 4.69) is 8.92 Å². The minimum Gasteiger partial charge on any atom is -0.466 e. The number of ether oxygens (including phenoxy) is 1. The van der Waals surface area contributed by atoms with Crippen molar-refractivity contribution in [1.29, 1.82) is 0 Å². The number of aliphatic hydroxyl groups excluding tert-OH is 2. The summed E-state index contributed by atoms with van der Waals surface area (Å²) in [5.41, 5.74) is 0.0685. The summed E-state index contributed by atoms with van der Waals surface area (Å²) < 4.78 is 30.9. The van der Waals surface area contributed by atoms with Gasteiger partial charge in [-0.1, -0.05) is 0 Å². The van der Waals surface area contributed by atoms with Gasteiger partial charge in [0.05, 0.1) is 13.4 Å². The van der Waals surface area contributed by atoms with E-state index in [0.717, 1.165) is 19.4 Å². The average Bonchev–Trinajstić information content (AvgIpc) is 2.21. The van der Waals surface area contributed by atoms with Gasteiger partial charge in [0.1, 0.15) is 18.3 Å². The Labute approximate surface area is 98.8 Å². The lowest BCUT2D eigenvalue weighted by Crippen LogP contribution is -2.43. The first-order valence-electron chi connectivity index (χ1n) is 4.78. The molecule has 0 bridgehead atoms. The molecule has 1 aliphatic carbocycles. The van der Waals surface area contributed by atoms with Crippen LogP contribution in [0.5, 0.6) is 0 Å². The summed E-state index contributed by atoms with van der Waals surface area (Å²) in [6, 6.07) is 0. The number of carbonyl (C=O) groups is 1. The van der Waals surface area contributed by atoms with Crippen molar-refractivity contribution in [2.45, 2.75) is 24.7 Å². The van der Waals surface area contributed by atoms with Crippen LogP contribution in [0.2, 0.25) is 0 Å². The minimum atomic E-state index is -3.79. The third-order valence-electron chi connectivity index (χ3n) is 2.27. The quantitative estimate of drug-likeness (QED) is 0.475. The van der Waals surface area contributed by atoms with Crippen LogP contribution < -0.4 is 0 Å². The fraction of sp³-hybridized carbons (Fsp3) is 0.667. The first-order chi connectivity index (χ1) is 7.74. The van der Waals surface area contributed by atoms with Gasteiger partial charge in [-0.3, -0.25) is 4.18 Å². The Morgan fingerprint density at radius 2 is 2.06 bits per heavy atom. The van der Waals surface area contributed by atoms with Crippen LogP contribution in [0.3, 0.4) is 0 Å². The summed E-state index contributed by atoms with van der Waals surface area (Å²) in [5, 5.41) is 19.0. The van der Waals surface area contributed by atoms with Crippen molar-refractivity contribution in [2.24, 2.45) is 0 Å².